The van der Waals surface area contributed by atoms with Gasteiger partial charge in [0.05, 0.1) is 0 Å². The van der Waals surface area contributed by atoms with Crippen molar-refractivity contribution in [1.82, 2.24) is 15.0 Å². The van der Waals surface area contributed by atoms with Gasteiger partial charge >= 0.3 is 8.80 Å². The maximum absolute atomic E-state index is 6.22. The quantitative estimate of drug-likeness (QED) is 0.202. The second kappa shape index (κ2) is 12.2. The maximum Gasteiger partial charge on any atom is 0.501 e. The summed E-state index contributed by atoms with van der Waals surface area (Å²) in [6.45, 7) is 12.2. The average molecular weight is 449 g/mol. The van der Waals surface area contributed by atoms with Crippen molar-refractivity contribution in [3.63, 3.8) is 0 Å². The van der Waals surface area contributed by atoms with Gasteiger partial charge in [0.2, 0.25) is 10.7 Å². The molecule has 0 spiro atoms. The monoisotopic (exact) mass is 448 g/mol. The number of aromatic amines is 1. The second-order valence-corrected chi connectivity index (χ2v) is 11.7. The molecule has 7 nitrogen and oxygen atoms in total. The normalized spacial score (nSPS) is 12.4. The topological polar surface area (TPSA) is 72.5 Å². The number of thioether (sulfide) groups is 1. The molecule has 0 aliphatic heterocycles. The first kappa shape index (κ1) is 25.5. The molecule has 1 heterocycles. The first-order valence-electron chi connectivity index (χ1n) is 9.85. The van der Waals surface area contributed by atoms with Crippen LogP contribution in [-0.4, -0.2) is 61.9 Å². The van der Waals surface area contributed by atoms with Crippen molar-refractivity contribution in [3.8, 4) is 0 Å². The molecule has 0 aromatic carbocycles. The minimum absolute atomic E-state index is 0.0717. The Hall–Kier alpha value is -0.523. The third-order valence-corrected chi connectivity index (χ3v) is 7.98. The highest BCUT2D eigenvalue weighted by Crippen LogP contribution is 2.25. The van der Waals surface area contributed by atoms with E-state index in [-0.39, 0.29) is 18.3 Å². The molecule has 0 atom stereocenters. The molecule has 0 unspecified atom stereocenters. The van der Waals surface area contributed by atoms with Crippen LogP contribution in [0.25, 0.3) is 0 Å². The molecule has 0 radical (unpaired) electrons. The van der Waals surface area contributed by atoms with Crippen LogP contribution in [0, 0.1) is 4.77 Å². The van der Waals surface area contributed by atoms with Crippen molar-refractivity contribution in [1.29, 1.82) is 0 Å². The second-order valence-electron chi connectivity index (χ2n) is 7.64. The number of H-pyrrole nitrogens is 1. The molecule has 0 bridgehead atoms. The average Bonchev–Trinajstić information content (AvgIpc) is 2.51. The van der Waals surface area contributed by atoms with Gasteiger partial charge in [0.15, 0.2) is 5.16 Å². The summed E-state index contributed by atoms with van der Waals surface area (Å²) in [4.78, 5) is 13.7. The minimum atomic E-state index is -2.72. The first-order chi connectivity index (χ1) is 13.0. The summed E-state index contributed by atoms with van der Waals surface area (Å²) in [6, 6.07) is 0.806. The summed E-state index contributed by atoms with van der Waals surface area (Å²) in [5, 5.41) is 0.700. The summed E-state index contributed by atoms with van der Waals surface area (Å²) in [6.07, 6.45) is 2.17. The number of nitrogens with zero attached hydrogens (tertiary/aromatic N) is 3. The molecular formula is C18H36N4O3S2Si. The van der Waals surface area contributed by atoms with Crippen LogP contribution in [0.1, 0.15) is 54.4 Å². The molecule has 0 saturated carbocycles. The van der Waals surface area contributed by atoms with E-state index in [9.17, 15) is 0 Å². The molecule has 10 heteroatoms. The van der Waals surface area contributed by atoms with Crippen molar-refractivity contribution in [2.24, 2.45) is 0 Å². The molecule has 1 aromatic heterocycles. The van der Waals surface area contributed by atoms with Crippen molar-refractivity contribution in [2.45, 2.75) is 83.9 Å². The van der Waals surface area contributed by atoms with E-state index in [1.54, 1.807) is 11.8 Å². The fourth-order valence-corrected chi connectivity index (χ4v) is 7.01. The number of rotatable bonds is 13. The SMILES string of the molecule is CC(C)O[Si](CCCCSc1nc(N(C)C)[nH]c(=S)n1)(OC(C)C)OC(C)C. The van der Waals surface area contributed by atoms with Crippen LogP contribution in [0.4, 0.5) is 5.95 Å². The van der Waals surface area contributed by atoms with Gasteiger partial charge in [0.1, 0.15) is 0 Å². The standard InChI is InChI=1S/C18H36N4O3S2Si/c1-13(2)23-28(24-14(3)4,25-15(5)6)12-10-9-11-27-18-20-16(22(7)8)19-17(26)21-18/h13-15H,9-12H2,1-8H3,(H,19,20,21,26). The predicted octanol–water partition coefficient (Wildman–Crippen LogP) is 4.69. The Balaban J connectivity index is 2.65. The smallest absolute Gasteiger partial charge is 0.371 e. The van der Waals surface area contributed by atoms with Crippen LogP contribution >= 0.6 is 24.0 Å². The highest BCUT2D eigenvalue weighted by Gasteiger charge is 2.43. The number of hydrogen-bond acceptors (Lipinski definition) is 8. The van der Waals surface area contributed by atoms with Crippen molar-refractivity contribution < 1.29 is 13.3 Å². The lowest BCUT2D eigenvalue weighted by Gasteiger charge is -2.34. The summed E-state index contributed by atoms with van der Waals surface area (Å²) >= 11 is 6.80. The Labute approximate surface area is 180 Å². The largest absolute Gasteiger partial charge is 0.501 e. The number of nitrogens with one attached hydrogen (secondary N) is 1. The Morgan fingerprint density at radius 2 is 1.50 bits per heavy atom. The van der Waals surface area contributed by atoms with Crippen LogP contribution in [0.15, 0.2) is 5.16 Å². The zero-order chi connectivity index (χ0) is 21.3. The predicted molar refractivity (Wildman–Crippen MR) is 121 cm³/mol. The molecule has 162 valence electrons. The Kier molecular flexibility index (Phi) is 11.1. The van der Waals surface area contributed by atoms with Gasteiger partial charge in [-0.1, -0.05) is 11.8 Å². The Bertz CT molecular complexity index is 615. The third kappa shape index (κ3) is 9.79. The molecule has 1 aromatic rings. The van der Waals surface area contributed by atoms with E-state index >= 15 is 0 Å². The summed E-state index contributed by atoms with van der Waals surface area (Å²) in [7, 11) is 1.13. The van der Waals surface area contributed by atoms with Gasteiger partial charge in [-0.05, 0) is 66.6 Å². The lowest BCUT2D eigenvalue weighted by Crippen LogP contribution is -2.50. The zero-order valence-electron chi connectivity index (χ0n) is 18.4. The van der Waals surface area contributed by atoms with E-state index in [4.69, 9.17) is 25.5 Å². The van der Waals surface area contributed by atoms with Gasteiger partial charge < -0.3 is 23.2 Å². The van der Waals surface area contributed by atoms with E-state index in [1.807, 2.05) is 60.5 Å². The summed E-state index contributed by atoms with van der Waals surface area (Å²) < 4.78 is 19.1. The van der Waals surface area contributed by atoms with E-state index in [0.29, 0.717) is 9.93 Å². The molecule has 1 rings (SSSR count). The maximum atomic E-state index is 6.22. The molecule has 0 fully saturated rings. The van der Waals surface area contributed by atoms with Crippen molar-refractivity contribution >= 4 is 38.7 Å². The Morgan fingerprint density at radius 3 is 1.96 bits per heavy atom. The van der Waals surface area contributed by atoms with Gasteiger partial charge in [0.25, 0.3) is 0 Å². The fraction of sp³-hybridized carbons (Fsp3) is 0.833. The molecule has 1 N–H and O–H groups in total. The zero-order valence-corrected chi connectivity index (χ0v) is 21.1. The van der Waals surface area contributed by atoms with Crippen molar-refractivity contribution in [3.05, 3.63) is 4.77 Å². The van der Waals surface area contributed by atoms with Crippen LogP contribution in [0.2, 0.25) is 6.04 Å². The lowest BCUT2D eigenvalue weighted by molar-refractivity contribution is 0.00288. The number of hydrogen-bond donors (Lipinski definition) is 1. The van der Waals surface area contributed by atoms with Crippen LogP contribution in [-0.2, 0) is 13.3 Å². The van der Waals surface area contributed by atoms with Crippen LogP contribution in [0.3, 0.4) is 0 Å². The third-order valence-electron chi connectivity index (χ3n) is 3.40. The molecule has 0 amide bonds. The van der Waals surface area contributed by atoms with E-state index in [0.717, 1.165) is 30.6 Å². The highest BCUT2D eigenvalue weighted by atomic mass is 32.2. The summed E-state index contributed by atoms with van der Waals surface area (Å²) in [5.74, 6) is 1.62. The molecule has 0 saturated heterocycles. The summed E-state index contributed by atoms with van der Waals surface area (Å²) in [5.41, 5.74) is 0. The van der Waals surface area contributed by atoms with Crippen molar-refractivity contribution in [2.75, 3.05) is 24.7 Å². The lowest BCUT2D eigenvalue weighted by atomic mass is 10.4. The molecular weight excluding hydrogens is 412 g/mol. The van der Waals surface area contributed by atoms with Gasteiger partial charge in [-0.2, -0.15) is 9.97 Å². The molecule has 28 heavy (non-hydrogen) atoms. The van der Waals surface area contributed by atoms with Gasteiger partial charge in [-0.15, -0.1) is 0 Å². The van der Waals surface area contributed by atoms with E-state index < -0.39 is 8.80 Å². The van der Waals surface area contributed by atoms with E-state index in [1.165, 1.54) is 0 Å². The van der Waals surface area contributed by atoms with Gasteiger partial charge in [0, 0.05) is 44.2 Å². The fourth-order valence-electron chi connectivity index (χ4n) is 2.57. The van der Waals surface area contributed by atoms with Crippen LogP contribution in [0.5, 0.6) is 0 Å². The van der Waals surface area contributed by atoms with Gasteiger partial charge in [-0.25, -0.2) is 0 Å². The Morgan fingerprint density at radius 1 is 0.964 bits per heavy atom. The van der Waals surface area contributed by atoms with Gasteiger partial charge in [-0.3, -0.25) is 0 Å². The molecule has 0 aliphatic rings. The first-order valence-corrected chi connectivity index (χ1v) is 13.2. The van der Waals surface area contributed by atoms with E-state index in [2.05, 4.69) is 15.0 Å². The number of aromatic nitrogens is 3. The molecule has 0 aliphatic carbocycles. The minimum Gasteiger partial charge on any atom is -0.371 e. The number of unbranched alkanes of at least 4 members (excludes halogenated alkanes) is 1. The highest BCUT2D eigenvalue weighted by molar-refractivity contribution is 7.99. The van der Waals surface area contributed by atoms with Crippen LogP contribution < -0.4 is 4.90 Å². The number of anilines is 1.